The van der Waals surface area contributed by atoms with Crippen LogP contribution >= 0.6 is 11.8 Å². The Balaban J connectivity index is 5.67. The van der Waals surface area contributed by atoms with Gasteiger partial charge in [0.1, 0.15) is 24.2 Å². The SMILES string of the molecule is CC[C@H](NC)C(=O)N(C)[C@@H](CSC)C(=O)N(C)C[C@@H](NC(=O)OC(C)(C)C)C(=O)NCC(=O)OC. The van der Waals surface area contributed by atoms with Crippen LogP contribution < -0.4 is 16.0 Å². The summed E-state index contributed by atoms with van der Waals surface area (Å²) in [5, 5.41) is 7.76. The Hall–Kier alpha value is -2.54. The minimum atomic E-state index is -1.22. The van der Waals surface area contributed by atoms with Gasteiger partial charge in [-0.3, -0.25) is 19.2 Å². The maximum atomic E-state index is 13.3. The monoisotopic (exact) mass is 519 g/mol. The fraction of sp³-hybridized carbons (Fsp3) is 0.773. The van der Waals surface area contributed by atoms with Crippen LogP contribution in [0.4, 0.5) is 4.79 Å². The van der Waals surface area contributed by atoms with Crippen LogP contribution in [-0.4, -0.2) is 117 Å². The number of nitrogens with zero attached hydrogens (tertiary/aromatic N) is 2. The molecule has 0 bridgehead atoms. The third-order valence-electron chi connectivity index (χ3n) is 4.95. The van der Waals surface area contributed by atoms with E-state index < -0.39 is 54.1 Å². The number of hydrogen-bond acceptors (Lipinski definition) is 9. The van der Waals surface area contributed by atoms with Gasteiger partial charge in [-0.15, -0.1) is 0 Å². The lowest BCUT2D eigenvalue weighted by atomic mass is 10.1. The highest BCUT2D eigenvalue weighted by atomic mass is 32.2. The number of alkyl carbamates (subject to hydrolysis) is 1. The molecule has 0 aliphatic rings. The zero-order valence-corrected chi connectivity index (χ0v) is 23.0. The van der Waals surface area contributed by atoms with Gasteiger partial charge in [-0.1, -0.05) is 6.92 Å². The summed E-state index contributed by atoms with van der Waals surface area (Å²) in [6.45, 7) is 6.25. The molecule has 0 fully saturated rings. The average molecular weight is 520 g/mol. The lowest BCUT2D eigenvalue weighted by Crippen LogP contribution is -2.58. The quantitative estimate of drug-likeness (QED) is 0.282. The molecular formula is C22H41N5O7S. The molecule has 12 nitrogen and oxygen atoms in total. The van der Waals surface area contributed by atoms with Gasteiger partial charge in [-0.2, -0.15) is 11.8 Å². The van der Waals surface area contributed by atoms with Crippen molar-refractivity contribution in [3.63, 3.8) is 0 Å². The molecule has 0 radical (unpaired) electrons. The number of ether oxygens (including phenoxy) is 2. The van der Waals surface area contributed by atoms with Crippen LogP contribution in [0.3, 0.4) is 0 Å². The second-order valence-corrected chi connectivity index (χ2v) is 9.79. The van der Waals surface area contributed by atoms with Crippen molar-refractivity contribution in [2.45, 2.75) is 57.8 Å². The first kappa shape index (κ1) is 32.5. The molecule has 0 heterocycles. The maximum absolute atomic E-state index is 13.3. The molecule has 3 atom stereocenters. The first-order valence-corrected chi connectivity index (χ1v) is 12.6. The fourth-order valence-corrected chi connectivity index (χ4v) is 3.71. The molecule has 4 amide bonds. The normalized spacial score (nSPS) is 13.6. The standard InChI is InChI=1S/C22H41N5O7S/c1-10-14(23-5)19(30)27(7)16(13-35-9)20(31)26(6)12-15(18(29)24-11-17(28)33-8)25-21(32)34-22(2,3)4/h14-16,23H,10-13H2,1-9H3,(H,24,29)(H,25,32)/t14-,15+,16-/m0/s1. The third kappa shape index (κ3) is 11.6. The number of likely N-dealkylation sites (N-methyl/N-ethyl adjacent to an activating group) is 3. The van der Waals surface area contributed by atoms with Gasteiger partial charge >= 0.3 is 12.1 Å². The highest BCUT2D eigenvalue weighted by Crippen LogP contribution is 2.12. The second kappa shape index (κ2) is 15.5. The highest BCUT2D eigenvalue weighted by Gasteiger charge is 2.34. The lowest BCUT2D eigenvalue weighted by Gasteiger charge is -2.33. The van der Waals surface area contributed by atoms with Crippen LogP contribution in [0, 0.1) is 0 Å². The number of rotatable bonds is 13. The van der Waals surface area contributed by atoms with Crippen molar-refractivity contribution in [3.8, 4) is 0 Å². The summed E-state index contributed by atoms with van der Waals surface area (Å²) in [6, 6.07) is -2.45. The van der Waals surface area contributed by atoms with Crippen molar-refractivity contribution >= 4 is 41.5 Å². The van der Waals surface area contributed by atoms with Crippen molar-refractivity contribution in [2.24, 2.45) is 0 Å². The van der Waals surface area contributed by atoms with Crippen molar-refractivity contribution in [2.75, 3.05) is 53.4 Å². The first-order chi connectivity index (χ1) is 16.2. The Kier molecular flexibility index (Phi) is 14.3. The van der Waals surface area contributed by atoms with E-state index in [0.29, 0.717) is 12.2 Å². The number of thioether (sulfide) groups is 1. The molecule has 0 aromatic rings. The molecule has 0 aromatic heterocycles. The topological polar surface area (TPSA) is 146 Å². The summed E-state index contributed by atoms with van der Waals surface area (Å²) in [5.74, 6) is -1.67. The molecular weight excluding hydrogens is 478 g/mol. The molecule has 0 saturated heterocycles. The predicted octanol–water partition coefficient (Wildman–Crippen LogP) is -0.185. The van der Waals surface area contributed by atoms with E-state index in [-0.39, 0.29) is 12.5 Å². The van der Waals surface area contributed by atoms with Gasteiger partial charge < -0.3 is 35.2 Å². The summed E-state index contributed by atoms with van der Waals surface area (Å²) >= 11 is 1.40. The number of hydrogen-bond donors (Lipinski definition) is 3. The Bertz CT molecular complexity index is 740. The van der Waals surface area contributed by atoms with E-state index in [1.54, 1.807) is 34.9 Å². The largest absolute Gasteiger partial charge is 0.468 e. The molecule has 13 heteroatoms. The van der Waals surface area contributed by atoms with Crippen LogP contribution in [0.5, 0.6) is 0 Å². The van der Waals surface area contributed by atoms with Crippen LogP contribution in [-0.2, 0) is 28.7 Å². The number of carbonyl (C=O) groups is 5. The number of esters is 1. The summed E-state index contributed by atoms with van der Waals surface area (Å²) in [4.78, 5) is 65.3. The second-order valence-electron chi connectivity index (χ2n) is 8.88. The van der Waals surface area contributed by atoms with Crippen LogP contribution in [0.1, 0.15) is 34.1 Å². The van der Waals surface area contributed by atoms with Crippen molar-refractivity contribution in [3.05, 3.63) is 0 Å². The molecule has 0 saturated carbocycles. The molecule has 0 rings (SSSR count). The van der Waals surface area contributed by atoms with Crippen LogP contribution in [0.25, 0.3) is 0 Å². The van der Waals surface area contributed by atoms with E-state index in [2.05, 4.69) is 20.7 Å². The van der Waals surface area contributed by atoms with Gasteiger partial charge in [-0.05, 0) is 40.5 Å². The summed E-state index contributed by atoms with van der Waals surface area (Å²) < 4.78 is 9.74. The summed E-state index contributed by atoms with van der Waals surface area (Å²) in [6.07, 6.45) is 1.52. The lowest BCUT2D eigenvalue weighted by molar-refractivity contribution is -0.144. The summed E-state index contributed by atoms with van der Waals surface area (Å²) in [7, 11) is 5.89. The minimum Gasteiger partial charge on any atom is -0.468 e. The van der Waals surface area contributed by atoms with E-state index in [1.165, 1.54) is 35.7 Å². The molecule has 35 heavy (non-hydrogen) atoms. The molecule has 0 aliphatic heterocycles. The average Bonchev–Trinajstić information content (AvgIpc) is 2.78. The van der Waals surface area contributed by atoms with E-state index in [1.807, 2.05) is 13.2 Å². The molecule has 0 aliphatic carbocycles. The number of nitrogens with one attached hydrogen (secondary N) is 3. The smallest absolute Gasteiger partial charge is 0.408 e. The van der Waals surface area contributed by atoms with Crippen molar-refractivity contribution < 1.29 is 33.4 Å². The molecule has 0 unspecified atom stereocenters. The third-order valence-corrected chi connectivity index (χ3v) is 5.60. The van der Waals surface area contributed by atoms with Crippen LogP contribution in [0.2, 0.25) is 0 Å². The molecule has 3 N–H and O–H groups in total. The zero-order valence-electron chi connectivity index (χ0n) is 22.2. The maximum Gasteiger partial charge on any atom is 0.408 e. The Labute approximate surface area is 212 Å². The predicted molar refractivity (Wildman–Crippen MR) is 134 cm³/mol. The van der Waals surface area contributed by atoms with Gasteiger partial charge in [-0.25, -0.2) is 4.79 Å². The first-order valence-electron chi connectivity index (χ1n) is 11.2. The molecule has 202 valence electrons. The van der Waals surface area contributed by atoms with E-state index in [4.69, 9.17) is 4.74 Å². The zero-order chi connectivity index (χ0) is 27.3. The molecule has 0 aromatic carbocycles. The van der Waals surface area contributed by atoms with Crippen LogP contribution in [0.15, 0.2) is 0 Å². The van der Waals surface area contributed by atoms with Gasteiger partial charge in [0.25, 0.3) is 0 Å². The minimum absolute atomic E-state index is 0.221. The van der Waals surface area contributed by atoms with Gasteiger partial charge in [0.05, 0.1) is 13.2 Å². The van der Waals surface area contributed by atoms with Gasteiger partial charge in [0, 0.05) is 26.4 Å². The van der Waals surface area contributed by atoms with Crippen molar-refractivity contribution in [1.29, 1.82) is 0 Å². The van der Waals surface area contributed by atoms with E-state index in [0.717, 1.165) is 0 Å². The number of methoxy groups -OCH3 is 1. The van der Waals surface area contributed by atoms with Crippen molar-refractivity contribution in [1.82, 2.24) is 25.8 Å². The van der Waals surface area contributed by atoms with Gasteiger partial charge in [0.15, 0.2) is 0 Å². The van der Waals surface area contributed by atoms with Gasteiger partial charge in [0.2, 0.25) is 17.7 Å². The number of amides is 4. The van der Waals surface area contributed by atoms with E-state index >= 15 is 0 Å². The fourth-order valence-electron chi connectivity index (χ4n) is 3.03. The molecule has 0 spiro atoms. The summed E-state index contributed by atoms with van der Waals surface area (Å²) in [5.41, 5.74) is -0.811. The van der Waals surface area contributed by atoms with E-state index in [9.17, 15) is 24.0 Å². The Morgan fingerprint density at radius 2 is 1.63 bits per heavy atom. The Morgan fingerprint density at radius 1 is 1.03 bits per heavy atom. The number of carbonyl (C=O) groups excluding carboxylic acids is 5. The highest BCUT2D eigenvalue weighted by molar-refractivity contribution is 7.98. The Morgan fingerprint density at radius 3 is 2.09 bits per heavy atom.